The lowest BCUT2D eigenvalue weighted by Crippen LogP contribution is -2.48. The Morgan fingerprint density at radius 1 is 1.14 bits per heavy atom. The number of likely N-dealkylation sites (tertiary alicyclic amines) is 1. The van der Waals surface area contributed by atoms with Gasteiger partial charge in [-0.3, -0.25) is 15.1 Å². The third-order valence-electron chi connectivity index (χ3n) is 5.96. The minimum atomic E-state index is -0.282. The molecule has 3 fully saturated rings. The van der Waals surface area contributed by atoms with E-state index in [0.717, 1.165) is 24.9 Å². The van der Waals surface area contributed by atoms with E-state index in [0.29, 0.717) is 12.1 Å². The molecule has 118 valence electrons. The predicted octanol–water partition coefficient (Wildman–Crippen LogP) is 1.97. The quantitative estimate of drug-likeness (QED) is 0.863. The van der Waals surface area contributed by atoms with Gasteiger partial charge in [0.25, 0.3) is 0 Å². The number of nitrogens with one attached hydrogen (secondary N) is 1. The van der Waals surface area contributed by atoms with Crippen LogP contribution in [0.4, 0.5) is 0 Å². The zero-order chi connectivity index (χ0) is 15.0. The summed E-state index contributed by atoms with van der Waals surface area (Å²) in [5, 5.41) is 13.2. The van der Waals surface area contributed by atoms with Crippen molar-refractivity contribution in [1.29, 1.82) is 5.26 Å². The summed E-state index contributed by atoms with van der Waals surface area (Å²) in [6.45, 7) is 6.72. The second kappa shape index (κ2) is 5.87. The van der Waals surface area contributed by atoms with E-state index in [-0.39, 0.29) is 5.54 Å². The van der Waals surface area contributed by atoms with Gasteiger partial charge in [0.15, 0.2) is 0 Å². The van der Waals surface area contributed by atoms with Crippen molar-refractivity contribution in [2.24, 2.45) is 0 Å². The third-order valence-corrected chi connectivity index (χ3v) is 5.96. The maximum absolute atomic E-state index is 9.65. The first-order valence-corrected chi connectivity index (χ1v) is 8.68. The number of nitrogens with zero attached hydrogens (tertiary/aromatic N) is 3. The normalized spacial score (nSPS) is 41.4. The number of likely N-dealkylation sites (N-methyl/N-ethyl adjacent to an activating group) is 1. The fourth-order valence-corrected chi connectivity index (χ4v) is 4.82. The van der Waals surface area contributed by atoms with E-state index in [1.807, 2.05) is 0 Å². The largest absolute Gasteiger partial charge is 0.299 e. The molecule has 4 atom stereocenters. The Labute approximate surface area is 129 Å². The summed E-state index contributed by atoms with van der Waals surface area (Å²) >= 11 is 0. The van der Waals surface area contributed by atoms with Crippen LogP contribution in [0, 0.1) is 11.3 Å². The minimum absolute atomic E-state index is 0.282. The Morgan fingerprint density at radius 3 is 2.62 bits per heavy atom. The minimum Gasteiger partial charge on any atom is -0.299 e. The lowest BCUT2D eigenvalue weighted by Gasteiger charge is -2.32. The van der Waals surface area contributed by atoms with E-state index in [1.165, 1.54) is 38.8 Å². The molecule has 4 unspecified atom stereocenters. The summed E-state index contributed by atoms with van der Waals surface area (Å²) in [4.78, 5) is 5.31. The molecular weight excluding hydrogens is 260 g/mol. The van der Waals surface area contributed by atoms with Crippen molar-refractivity contribution in [1.82, 2.24) is 15.1 Å². The van der Waals surface area contributed by atoms with Gasteiger partial charge in [-0.15, -0.1) is 0 Å². The van der Waals surface area contributed by atoms with Crippen LogP contribution in [-0.2, 0) is 0 Å². The highest BCUT2D eigenvalue weighted by Crippen LogP contribution is 2.36. The fourth-order valence-electron chi connectivity index (χ4n) is 4.82. The molecule has 2 saturated heterocycles. The van der Waals surface area contributed by atoms with Gasteiger partial charge in [0.05, 0.1) is 6.07 Å². The lowest BCUT2D eigenvalue weighted by atomic mass is 9.97. The van der Waals surface area contributed by atoms with Crippen molar-refractivity contribution in [3.8, 4) is 6.07 Å². The molecule has 4 nitrogen and oxygen atoms in total. The summed E-state index contributed by atoms with van der Waals surface area (Å²) in [6.07, 6.45) is 7.24. The van der Waals surface area contributed by atoms with Crippen LogP contribution in [0.1, 0.15) is 52.4 Å². The van der Waals surface area contributed by atoms with Crippen molar-refractivity contribution in [3.05, 3.63) is 0 Å². The molecule has 3 aliphatic rings. The Kier molecular flexibility index (Phi) is 4.27. The van der Waals surface area contributed by atoms with E-state index < -0.39 is 0 Å². The number of rotatable bonds is 3. The molecule has 0 aromatic carbocycles. The number of nitriles is 1. The molecule has 0 aromatic rings. The maximum Gasteiger partial charge on any atom is 0.108 e. The molecule has 4 heteroatoms. The van der Waals surface area contributed by atoms with E-state index in [1.54, 1.807) is 0 Å². The van der Waals surface area contributed by atoms with Gasteiger partial charge in [0, 0.05) is 30.7 Å². The highest BCUT2D eigenvalue weighted by Gasteiger charge is 2.44. The van der Waals surface area contributed by atoms with Crippen LogP contribution in [-0.4, -0.2) is 59.6 Å². The van der Waals surface area contributed by atoms with Gasteiger partial charge in [-0.1, -0.05) is 0 Å². The Bertz CT molecular complexity index is 416. The molecule has 1 saturated carbocycles. The molecule has 2 bridgehead atoms. The van der Waals surface area contributed by atoms with Crippen LogP contribution in [0.3, 0.4) is 0 Å². The molecule has 2 heterocycles. The molecule has 3 rings (SSSR count). The first kappa shape index (κ1) is 15.3. The maximum atomic E-state index is 9.65. The number of hydrogen-bond donors (Lipinski definition) is 1. The topological polar surface area (TPSA) is 42.3 Å². The monoisotopic (exact) mass is 290 g/mol. The van der Waals surface area contributed by atoms with Gasteiger partial charge in [-0.2, -0.15) is 5.26 Å². The SMILES string of the molecule is CC(C)NC1(C#N)CCC(N2CCC3CCC(C2)N3C)C1. The Morgan fingerprint density at radius 2 is 1.90 bits per heavy atom. The molecule has 0 amide bonds. The highest BCUT2D eigenvalue weighted by molar-refractivity contribution is 5.14. The highest BCUT2D eigenvalue weighted by atomic mass is 15.3. The smallest absolute Gasteiger partial charge is 0.108 e. The number of hydrogen-bond acceptors (Lipinski definition) is 4. The van der Waals surface area contributed by atoms with Crippen molar-refractivity contribution >= 4 is 0 Å². The van der Waals surface area contributed by atoms with Crippen molar-refractivity contribution < 1.29 is 0 Å². The first-order valence-electron chi connectivity index (χ1n) is 8.68. The number of fused-ring (bicyclic) bond motifs is 2. The Balaban J connectivity index is 1.65. The standard InChI is InChI=1S/C17H30N4/c1-13(2)19-17(12-18)8-6-15(10-17)21-9-7-14-4-5-16(11-21)20(14)3/h13-16,19H,4-11H2,1-3H3. The predicted molar refractivity (Wildman–Crippen MR) is 85.0 cm³/mol. The van der Waals surface area contributed by atoms with Gasteiger partial charge in [-0.05, 0) is 66.0 Å². The van der Waals surface area contributed by atoms with Crippen molar-refractivity contribution in [2.45, 2.75) is 82.1 Å². The van der Waals surface area contributed by atoms with Crippen LogP contribution < -0.4 is 5.32 Å². The second-order valence-corrected chi connectivity index (χ2v) is 7.72. The van der Waals surface area contributed by atoms with Crippen LogP contribution in [0.2, 0.25) is 0 Å². The molecule has 1 aliphatic carbocycles. The molecular formula is C17H30N4. The summed E-state index contributed by atoms with van der Waals surface area (Å²) < 4.78 is 0. The lowest BCUT2D eigenvalue weighted by molar-refractivity contribution is 0.168. The average Bonchev–Trinajstić information content (AvgIpc) is 2.93. The van der Waals surface area contributed by atoms with Gasteiger partial charge < -0.3 is 0 Å². The zero-order valence-corrected chi connectivity index (χ0v) is 13.8. The summed E-state index contributed by atoms with van der Waals surface area (Å²) in [6, 6.07) is 5.12. The van der Waals surface area contributed by atoms with Crippen LogP contribution >= 0.6 is 0 Å². The van der Waals surface area contributed by atoms with Crippen LogP contribution in [0.25, 0.3) is 0 Å². The van der Waals surface area contributed by atoms with Gasteiger partial charge in [0.2, 0.25) is 0 Å². The van der Waals surface area contributed by atoms with Crippen LogP contribution in [0.5, 0.6) is 0 Å². The van der Waals surface area contributed by atoms with E-state index >= 15 is 0 Å². The van der Waals surface area contributed by atoms with Crippen molar-refractivity contribution in [3.63, 3.8) is 0 Å². The van der Waals surface area contributed by atoms with Gasteiger partial charge in [0.1, 0.15) is 5.54 Å². The molecule has 0 radical (unpaired) electrons. The molecule has 21 heavy (non-hydrogen) atoms. The second-order valence-electron chi connectivity index (χ2n) is 7.72. The zero-order valence-electron chi connectivity index (χ0n) is 13.8. The third kappa shape index (κ3) is 2.97. The average molecular weight is 290 g/mol. The van der Waals surface area contributed by atoms with Crippen LogP contribution in [0.15, 0.2) is 0 Å². The summed E-state index contributed by atoms with van der Waals surface area (Å²) in [5.41, 5.74) is -0.282. The first-order chi connectivity index (χ1) is 10.0. The Hall–Kier alpha value is -0.630. The van der Waals surface area contributed by atoms with E-state index in [2.05, 4.69) is 42.1 Å². The van der Waals surface area contributed by atoms with Gasteiger partial charge in [-0.25, -0.2) is 0 Å². The fraction of sp³-hybridized carbons (Fsp3) is 0.941. The van der Waals surface area contributed by atoms with Crippen molar-refractivity contribution in [2.75, 3.05) is 20.1 Å². The summed E-state index contributed by atoms with van der Waals surface area (Å²) in [5.74, 6) is 0. The van der Waals surface area contributed by atoms with E-state index in [9.17, 15) is 5.26 Å². The molecule has 0 aromatic heterocycles. The molecule has 0 spiro atoms. The molecule has 2 aliphatic heterocycles. The summed E-state index contributed by atoms with van der Waals surface area (Å²) in [7, 11) is 2.31. The van der Waals surface area contributed by atoms with Gasteiger partial charge >= 0.3 is 0 Å². The van der Waals surface area contributed by atoms with E-state index in [4.69, 9.17) is 0 Å². The molecule has 1 N–H and O–H groups in total.